The Morgan fingerprint density at radius 2 is 1.81 bits per heavy atom. The lowest BCUT2D eigenvalue weighted by Crippen LogP contribution is -2.14. The fourth-order valence-corrected chi connectivity index (χ4v) is 2.68. The van der Waals surface area contributed by atoms with Gasteiger partial charge in [-0.25, -0.2) is 0 Å². The van der Waals surface area contributed by atoms with E-state index in [4.69, 9.17) is 5.10 Å². The van der Waals surface area contributed by atoms with E-state index in [1.165, 1.54) is 34.5 Å². The van der Waals surface area contributed by atoms with E-state index in [-0.39, 0.29) is 0 Å². The van der Waals surface area contributed by atoms with Gasteiger partial charge in [0.05, 0.1) is 12.2 Å². The Morgan fingerprint density at radius 1 is 1.10 bits per heavy atom. The van der Waals surface area contributed by atoms with Crippen LogP contribution in [0, 0.1) is 20.8 Å². The SMILES string of the molecule is CCNCCCc1c(C)nn(Cc2ccc(C)cc2)c1C. The molecule has 0 saturated carbocycles. The van der Waals surface area contributed by atoms with Gasteiger partial charge in [-0.3, -0.25) is 4.68 Å². The molecule has 0 bridgehead atoms. The lowest BCUT2D eigenvalue weighted by molar-refractivity contribution is 0.653. The normalized spacial score (nSPS) is 11.0. The van der Waals surface area contributed by atoms with Crippen LogP contribution in [0.3, 0.4) is 0 Å². The summed E-state index contributed by atoms with van der Waals surface area (Å²) in [5.74, 6) is 0. The Bertz CT molecular complexity index is 567. The second-order valence-electron chi connectivity index (χ2n) is 5.75. The maximum absolute atomic E-state index is 4.72. The number of nitrogens with one attached hydrogen (secondary N) is 1. The van der Waals surface area contributed by atoms with E-state index in [0.29, 0.717) is 0 Å². The highest BCUT2D eigenvalue weighted by Gasteiger charge is 2.11. The minimum Gasteiger partial charge on any atom is -0.317 e. The molecule has 0 radical (unpaired) electrons. The smallest absolute Gasteiger partial charge is 0.0662 e. The van der Waals surface area contributed by atoms with Crippen molar-refractivity contribution in [2.24, 2.45) is 0 Å². The van der Waals surface area contributed by atoms with Crippen LogP contribution in [0.1, 0.15) is 41.4 Å². The standard InChI is InChI=1S/C18H27N3/c1-5-19-12-6-7-18-15(3)20-21(16(18)4)13-17-10-8-14(2)9-11-17/h8-11,19H,5-7,12-13H2,1-4H3. The van der Waals surface area contributed by atoms with Gasteiger partial charge in [0.1, 0.15) is 0 Å². The van der Waals surface area contributed by atoms with E-state index >= 15 is 0 Å². The lowest BCUT2D eigenvalue weighted by Gasteiger charge is -2.07. The third-order valence-corrected chi connectivity index (χ3v) is 4.01. The summed E-state index contributed by atoms with van der Waals surface area (Å²) in [5, 5.41) is 8.11. The zero-order chi connectivity index (χ0) is 15.2. The summed E-state index contributed by atoms with van der Waals surface area (Å²) in [6.45, 7) is 11.6. The van der Waals surface area contributed by atoms with Gasteiger partial charge in [0.15, 0.2) is 0 Å². The molecule has 1 aromatic heterocycles. The lowest BCUT2D eigenvalue weighted by atomic mass is 10.1. The number of aromatic nitrogens is 2. The molecule has 0 aliphatic carbocycles. The maximum Gasteiger partial charge on any atom is 0.0662 e. The molecule has 1 N–H and O–H groups in total. The number of hydrogen-bond acceptors (Lipinski definition) is 2. The summed E-state index contributed by atoms with van der Waals surface area (Å²) in [5.41, 5.74) is 6.52. The van der Waals surface area contributed by atoms with Gasteiger partial charge in [-0.15, -0.1) is 0 Å². The maximum atomic E-state index is 4.72. The average molecular weight is 285 g/mol. The van der Waals surface area contributed by atoms with E-state index < -0.39 is 0 Å². The predicted molar refractivity (Wildman–Crippen MR) is 88.8 cm³/mol. The molecule has 0 amide bonds. The zero-order valence-electron chi connectivity index (χ0n) is 13.7. The molecule has 0 spiro atoms. The van der Waals surface area contributed by atoms with Crippen molar-refractivity contribution in [3.63, 3.8) is 0 Å². The van der Waals surface area contributed by atoms with Crippen molar-refractivity contribution in [3.05, 3.63) is 52.3 Å². The summed E-state index contributed by atoms with van der Waals surface area (Å²) in [6, 6.07) is 8.71. The second-order valence-corrected chi connectivity index (χ2v) is 5.75. The van der Waals surface area contributed by atoms with Crippen LogP contribution >= 0.6 is 0 Å². The molecule has 3 nitrogen and oxygen atoms in total. The molecule has 0 atom stereocenters. The molecule has 2 aromatic rings. The van der Waals surface area contributed by atoms with Crippen LogP contribution in [0.15, 0.2) is 24.3 Å². The molecule has 1 aromatic carbocycles. The second kappa shape index (κ2) is 7.41. The van der Waals surface area contributed by atoms with Gasteiger partial charge in [0.25, 0.3) is 0 Å². The third kappa shape index (κ3) is 4.18. The highest BCUT2D eigenvalue weighted by molar-refractivity contribution is 5.27. The van der Waals surface area contributed by atoms with Gasteiger partial charge in [-0.05, 0) is 57.8 Å². The van der Waals surface area contributed by atoms with Crippen LogP contribution in [-0.4, -0.2) is 22.9 Å². The molecule has 0 aliphatic heterocycles. The van der Waals surface area contributed by atoms with Crippen LogP contribution in [0.25, 0.3) is 0 Å². The fourth-order valence-electron chi connectivity index (χ4n) is 2.68. The van der Waals surface area contributed by atoms with Gasteiger partial charge in [-0.2, -0.15) is 5.10 Å². The topological polar surface area (TPSA) is 29.9 Å². The molecule has 0 saturated heterocycles. The van der Waals surface area contributed by atoms with Gasteiger partial charge < -0.3 is 5.32 Å². The van der Waals surface area contributed by atoms with Crippen molar-refractivity contribution < 1.29 is 0 Å². The Kier molecular flexibility index (Phi) is 5.57. The van der Waals surface area contributed by atoms with Crippen molar-refractivity contribution in [1.82, 2.24) is 15.1 Å². The minimum atomic E-state index is 0.861. The van der Waals surface area contributed by atoms with Crippen LogP contribution in [-0.2, 0) is 13.0 Å². The van der Waals surface area contributed by atoms with Crippen molar-refractivity contribution in [2.45, 2.75) is 47.1 Å². The van der Waals surface area contributed by atoms with Crippen LogP contribution in [0.5, 0.6) is 0 Å². The van der Waals surface area contributed by atoms with Crippen molar-refractivity contribution in [1.29, 1.82) is 0 Å². The van der Waals surface area contributed by atoms with Crippen molar-refractivity contribution >= 4 is 0 Å². The molecule has 3 heteroatoms. The summed E-state index contributed by atoms with van der Waals surface area (Å²) in [4.78, 5) is 0. The summed E-state index contributed by atoms with van der Waals surface area (Å²) in [6.07, 6.45) is 2.28. The molecule has 1 heterocycles. The first kappa shape index (κ1) is 15.8. The van der Waals surface area contributed by atoms with Crippen LogP contribution < -0.4 is 5.32 Å². The monoisotopic (exact) mass is 285 g/mol. The number of rotatable bonds is 7. The average Bonchev–Trinajstić information content (AvgIpc) is 2.73. The first-order valence-corrected chi connectivity index (χ1v) is 7.91. The van der Waals surface area contributed by atoms with Crippen LogP contribution in [0.4, 0.5) is 0 Å². The Hall–Kier alpha value is -1.61. The third-order valence-electron chi connectivity index (χ3n) is 4.01. The molecular formula is C18H27N3. The highest BCUT2D eigenvalue weighted by atomic mass is 15.3. The summed E-state index contributed by atoms with van der Waals surface area (Å²) < 4.78 is 2.14. The van der Waals surface area contributed by atoms with E-state index in [9.17, 15) is 0 Å². The summed E-state index contributed by atoms with van der Waals surface area (Å²) >= 11 is 0. The van der Waals surface area contributed by atoms with Crippen molar-refractivity contribution in [2.75, 3.05) is 13.1 Å². The number of benzene rings is 1. The Morgan fingerprint density at radius 3 is 2.48 bits per heavy atom. The molecule has 2 rings (SSSR count). The first-order valence-electron chi connectivity index (χ1n) is 7.91. The Balaban J connectivity index is 2.05. The highest BCUT2D eigenvalue weighted by Crippen LogP contribution is 2.16. The molecule has 0 unspecified atom stereocenters. The number of aryl methyl sites for hydroxylation is 2. The van der Waals surface area contributed by atoms with E-state index in [1.54, 1.807) is 0 Å². The first-order chi connectivity index (χ1) is 10.1. The molecule has 0 aliphatic rings. The zero-order valence-corrected chi connectivity index (χ0v) is 13.7. The largest absolute Gasteiger partial charge is 0.317 e. The molecule has 114 valence electrons. The van der Waals surface area contributed by atoms with Crippen molar-refractivity contribution in [3.8, 4) is 0 Å². The quantitative estimate of drug-likeness (QED) is 0.790. The fraction of sp³-hybridized carbons (Fsp3) is 0.500. The van der Waals surface area contributed by atoms with E-state index in [1.807, 2.05) is 0 Å². The molecule has 21 heavy (non-hydrogen) atoms. The molecule has 0 fully saturated rings. The van der Waals surface area contributed by atoms with Crippen LogP contribution in [0.2, 0.25) is 0 Å². The minimum absolute atomic E-state index is 0.861. The number of nitrogens with zero attached hydrogens (tertiary/aromatic N) is 2. The van der Waals surface area contributed by atoms with E-state index in [2.05, 4.69) is 62.0 Å². The van der Waals surface area contributed by atoms with Gasteiger partial charge in [0.2, 0.25) is 0 Å². The number of hydrogen-bond donors (Lipinski definition) is 1. The van der Waals surface area contributed by atoms with Gasteiger partial charge in [-0.1, -0.05) is 36.8 Å². The molecular weight excluding hydrogens is 258 g/mol. The van der Waals surface area contributed by atoms with E-state index in [0.717, 1.165) is 26.1 Å². The summed E-state index contributed by atoms with van der Waals surface area (Å²) in [7, 11) is 0. The van der Waals surface area contributed by atoms with Gasteiger partial charge >= 0.3 is 0 Å². The Labute approximate surface area is 128 Å². The van der Waals surface area contributed by atoms with Gasteiger partial charge in [0, 0.05) is 5.69 Å². The predicted octanol–water partition coefficient (Wildman–Crippen LogP) is 3.40.